The standard InChI is InChI=1S/C21H24FN3O3/c22-18-4-2-1-3-16(18)13-24-19(26)15-5-7-17(8-6-15)25-20(27)21(14-23)9-11-28-12-10-21/h1-8H,9-14,23H2,(H,24,26)(H,25,27). The van der Waals surface area contributed by atoms with Gasteiger partial charge in [0.2, 0.25) is 5.91 Å². The van der Waals surface area contributed by atoms with E-state index in [4.69, 9.17) is 10.5 Å². The number of halogens is 1. The van der Waals surface area contributed by atoms with E-state index in [1.54, 1.807) is 42.5 Å². The minimum absolute atomic E-state index is 0.102. The second kappa shape index (κ2) is 8.95. The van der Waals surface area contributed by atoms with Crippen LogP contribution in [0, 0.1) is 11.2 Å². The molecule has 1 aliphatic rings. The van der Waals surface area contributed by atoms with Crippen molar-refractivity contribution in [2.75, 3.05) is 25.1 Å². The molecule has 7 heteroatoms. The van der Waals surface area contributed by atoms with E-state index in [1.165, 1.54) is 6.07 Å². The quantitative estimate of drug-likeness (QED) is 0.712. The van der Waals surface area contributed by atoms with E-state index in [0.29, 0.717) is 42.9 Å². The fourth-order valence-electron chi connectivity index (χ4n) is 3.17. The van der Waals surface area contributed by atoms with Crippen molar-refractivity contribution in [3.63, 3.8) is 0 Å². The van der Waals surface area contributed by atoms with E-state index < -0.39 is 5.41 Å². The summed E-state index contributed by atoms with van der Waals surface area (Å²) >= 11 is 0. The number of ether oxygens (including phenoxy) is 1. The average Bonchev–Trinajstić information content (AvgIpc) is 2.74. The van der Waals surface area contributed by atoms with E-state index in [1.807, 2.05) is 0 Å². The number of rotatable bonds is 6. The van der Waals surface area contributed by atoms with E-state index in [9.17, 15) is 14.0 Å². The number of amides is 2. The highest BCUT2D eigenvalue weighted by atomic mass is 19.1. The Balaban J connectivity index is 1.59. The summed E-state index contributed by atoms with van der Waals surface area (Å²) < 4.78 is 19.0. The molecule has 0 saturated carbocycles. The predicted octanol–water partition coefficient (Wildman–Crippen LogP) is 2.45. The summed E-state index contributed by atoms with van der Waals surface area (Å²) in [6.45, 7) is 1.40. The summed E-state index contributed by atoms with van der Waals surface area (Å²) in [5.41, 5.74) is 6.67. The lowest BCUT2D eigenvalue weighted by molar-refractivity contribution is -0.130. The summed E-state index contributed by atoms with van der Waals surface area (Å²) in [6, 6.07) is 12.9. The minimum Gasteiger partial charge on any atom is -0.381 e. The Morgan fingerprint density at radius 1 is 1.07 bits per heavy atom. The van der Waals surface area contributed by atoms with Crippen molar-refractivity contribution in [1.29, 1.82) is 0 Å². The minimum atomic E-state index is -0.617. The molecule has 2 amide bonds. The number of carbonyl (C=O) groups excluding carboxylic acids is 2. The molecule has 0 aliphatic carbocycles. The number of nitrogens with one attached hydrogen (secondary N) is 2. The first-order valence-electron chi connectivity index (χ1n) is 9.25. The van der Waals surface area contributed by atoms with Crippen molar-refractivity contribution in [3.8, 4) is 0 Å². The Morgan fingerprint density at radius 2 is 1.75 bits per heavy atom. The third-order valence-corrected chi connectivity index (χ3v) is 5.12. The molecule has 148 valence electrons. The molecule has 0 radical (unpaired) electrons. The number of nitrogens with two attached hydrogens (primary N) is 1. The molecule has 28 heavy (non-hydrogen) atoms. The number of anilines is 1. The van der Waals surface area contributed by atoms with Gasteiger partial charge in [0.25, 0.3) is 5.91 Å². The van der Waals surface area contributed by atoms with Gasteiger partial charge in [-0.3, -0.25) is 9.59 Å². The zero-order valence-corrected chi connectivity index (χ0v) is 15.5. The molecule has 2 aromatic rings. The highest BCUT2D eigenvalue weighted by Gasteiger charge is 2.38. The molecular weight excluding hydrogens is 361 g/mol. The zero-order chi connectivity index (χ0) is 20.0. The second-order valence-corrected chi connectivity index (χ2v) is 6.90. The smallest absolute Gasteiger partial charge is 0.251 e. The number of benzene rings is 2. The lowest BCUT2D eigenvalue weighted by atomic mass is 9.79. The second-order valence-electron chi connectivity index (χ2n) is 6.90. The SMILES string of the molecule is NCC1(C(=O)Nc2ccc(C(=O)NCc3ccccc3F)cc2)CCOCC1. The Morgan fingerprint density at radius 3 is 2.39 bits per heavy atom. The van der Waals surface area contributed by atoms with E-state index in [-0.39, 0.29) is 30.7 Å². The number of carbonyl (C=O) groups is 2. The van der Waals surface area contributed by atoms with Gasteiger partial charge in [-0.2, -0.15) is 0 Å². The highest BCUT2D eigenvalue weighted by molar-refractivity contribution is 5.97. The number of hydrogen-bond acceptors (Lipinski definition) is 4. The van der Waals surface area contributed by atoms with Crippen LogP contribution in [0.1, 0.15) is 28.8 Å². The average molecular weight is 385 g/mol. The molecule has 0 spiro atoms. The third kappa shape index (κ3) is 4.55. The molecular formula is C21H24FN3O3. The Bertz CT molecular complexity index is 833. The van der Waals surface area contributed by atoms with Crippen LogP contribution in [0.2, 0.25) is 0 Å². The summed E-state index contributed by atoms with van der Waals surface area (Å²) in [7, 11) is 0. The van der Waals surface area contributed by atoms with Gasteiger partial charge in [0, 0.05) is 43.1 Å². The summed E-state index contributed by atoms with van der Waals surface area (Å²) in [4.78, 5) is 24.9. The van der Waals surface area contributed by atoms with Crippen LogP contribution in [0.5, 0.6) is 0 Å². The molecule has 1 fully saturated rings. The van der Waals surface area contributed by atoms with Crippen LogP contribution in [0.25, 0.3) is 0 Å². The molecule has 6 nitrogen and oxygen atoms in total. The van der Waals surface area contributed by atoms with Crippen molar-refractivity contribution >= 4 is 17.5 Å². The molecule has 0 aromatic heterocycles. The van der Waals surface area contributed by atoms with Crippen LogP contribution >= 0.6 is 0 Å². The van der Waals surface area contributed by atoms with E-state index in [2.05, 4.69) is 10.6 Å². The molecule has 0 bridgehead atoms. The number of hydrogen-bond donors (Lipinski definition) is 3. The third-order valence-electron chi connectivity index (χ3n) is 5.12. The van der Waals surface area contributed by atoms with Gasteiger partial charge in [-0.05, 0) is 43.2 Å². The van der Waals surface area contributed by atoms with E-state index in [0.717, 1.165) is 0 Å². The molecule has 1 saturated heterocycles. The molecule has 1 heterocycles. The van der Waals surface area contributed by atoms with Gasteiger partial charge in [0.05, 0.1) is 5.41 Å². The largest absolute Gasteiger partial charge is 0.381 e. The molecule has 0 atom stereocenters. The Kier molecular flexibility index (Phi) is 6.38. The van der Waals surface area contributed by atoms with Crippen molar-refractivity contribution in [1.82, 2.24) is 5.32 Å². The summed E-state index contributed by atoms with van der Waals surface area (Å²) in [5, 5.41) is 5.57. The summed E-state index contributed by atoms with van der Waals surface area (Å²) in [6.07, 6.45) is 1.18. The lowest BCUT2D eigenvalue weighted by Crippen LogP contribution is -2.46. The van der Waals surface area contributed by atoms with Gasteiger partial charge in [-0.25, -0.2) is 4.39 Å². The van der Waals surface area contributed by atoms with Crippen LogP contribution in [0.15, 0.2) is 48.5 Å². The monoisotopic (exact) mass is 385 g/mol. The fraction of sp³-hybridized carbons (Fsp3) is 0.333. The van der Waals surface area contributed by atoms with Gasteiger partial charge < -0.3 is 21.1 Å². The maximum atomic E-state index is 13.6. The van der Waals surface area contributed by atoms with Crippen molar-refractivity contribution in [2.45, 2.75) is 19.4 Å². The van der Waals surface area contributed by atoms with Crippen molar-refractivity contribution in [3.05, 3.63) is 65.5 Å². The van der Waals surface area contributed by atoms with Crippen molar-refractivity contribution < 1.29 is 18.7 Å². The topological polar surface area (TPSA) is 93.5 Å². The van der Waals surface area contributed by atoms with Crippen molar-refractivity contribution in [2.24, 2.45) is 11.1 Å². The lowest BCUT2D eigenvalue weighted by Gasteiger charge is -2.34. The Labute approximate surface area is 163 Å². The van der Waals surface area contributed by atoms with Gasteiger partial charge in [0.15, 0.2) is 0 Å². The van der Waals surface area contributed by atoms with Gasteiger partial charge in [0.1, 0.15) is 5.82 Å². The van der Waals surface area contributed by atoms with Crippen LogP contribution in [0.3, 0.4) is 0 Å². The molecule has 4 N–H and O–H groups in total. The van der Waals surface area contributed by atoms with Crippen LogP contribution in [-0.2, 0) is 16.1 Å². The molecule has 2 aromatic carbocycles. The maximum Gasteiger partial charge on any atom is 0.251 e. The van der Waals surface area contributed by atoms with Gasteiger partial charge in [-0.1, -0.05) is 18.2 Å². The first kappa shape index (κ1) is 20.0. The first-order chi connectivity index (χ1) is 13.5. The highest BCUT2D eigenvalue weighted by Crippen LogP contribution is 2.31. The Hall–Kier alpha value is -2.77. The molecule has 1 aliphatic heterocycles. The summed E-state index contributed by atoms with van der Waals surface area (Å²) in [5.74, 6) is -0.804. The van der Waals surface area contributed by atoms with Gasteiger partial charge in [-0.15, -0.1) is 0 Å². The maximum absolute atomic E-state index is 13.6. The van der Waals surface area contributed by atoms with E-state index >= 15 is 0 Å². The fourth-order valence-corrected chi connectivity index (χ4v) is 3.17. The predicted molar refractivity (Wildman–Crippen MR) is 104 cm³/mol. The molecule has 3 rings (SSSR count). The van der Waals surface area contributed by atoms with Gasteiger partial charge >= 0.3 is 0 Å². The van der Waals surface area contributed by atoms with Crippen LogP contribution in [0.4, 0.5) is 10.1 Å². The molecule has 0 unspecified atom stereocenters. The van der Waals surface area contributed by atoms with Crippen LogP contribution in [-0.4, -0.2) is 31.6 Å². The first-order valence-corrected chi connectivity index (χ1v) is 9.25. The zero-order valence-electron chi connectivity index (χ0n) is 15.5. The van der Waals surface area contributed by atoms with Crippen LogP contribution < -0.4 is 16.4 Å². The normalized spacial score (nSPS) is 15.6.